The van der Waals surface area contributed by atoms with Crippen molar-refractivity contribution >= 4 is 0 Å². The van der Waals surface area contributed by atoms with E-state index < -0.39 is 0 Å². The van der Waals surface area contributed by atoms with Crippen molar-refractivity contribution in [2.45, 2.75) is 71.1 Å². The fourth-order valence-corrected chi connectivity index (χ4v) is 3.40. The lowest BCUT2D eigenvalue weighted by Crippen LogP contribution is -2.64. The first-order chi connectivity index (χ1) is 9.06. The van der Waals surface area contributed by atoms with Gasteiger partial charge >= 0.3 is 0 Å². The standard InChI is InChI=1S/C16H32N2O/c1-5-6-15-11-18(9-10-19-13(2)3)16(4,12-17-15)14-7-8-14/h13-15,17H,5-12H2,1-4H3. The fourth-order valence-electron chi connectivity index (χ4n) is 3.40. The first-order valence-corrected chi connectivity index (χ1v) is 8.16. The minimum Gasteiger partial charge on any atom is -0.377 e. The van der Waals surface area contributed by atoms with Gasteiger partial charge in [-0.05, 0) is 46.0 Å². The van der Waals surface area contributed by atoms with Gasteiger partial charge in [0.1, 0.15) is 0 Å². The molecule has 112 valence electrons. The minimum atomic E-state index is 0.349. The van der Waals surface area contributed by atoms with Crippen LogP contribution in [0.5, 0.6) is 0 Å². The molecule has 1 aliphatic carbocycles. The summed E-state index contributed by atoms with van der Waals surface area (Å²) >= 11 is 0. The molecule has 0 aromatic heterocycles. The third-order valence-corrected chi connectivity index (χ3v) is 4.82. The van der Waals surface area contributed by atoms with E-state index in [0.717, 1.165) is 25.6 Å². The van der Waals surface area contributed by atoms with Gasteiger partial charge in [0, 0.05) is 31.2 Å². The van der Waals surface area contributed by atoms with Crippen molar-refractivity contribution in [2.75, 3.05) is 26.2 Å². The second kappa shape index (κ2) is 6.55. The summed E-state index contributed by atoms with van der Waals surface area (Å²) in [5.41, 5.74) is 0.366. The van der Waals surface area contributed by atoms with Crippen molar-refractivity contribution in [1.82, 2.24) is 10.2 Å². The smallest absolute Gasteiger partial charge is 0.0597 e. The SMILES string of the molecule is CCCC1CN(CCOC(C)C)C(C)(C2CC2)CN1. The summed E-state index contributed by atoms with van der Waals surface area (Å²) in [4.78, 5) is 2.71. The van der Waals surface area contributed by atoms with Crippen LogP contribution in [0.1, 0.15) is 53.4 Å². The van der Waals surface area contributed by atoms with Gasteiger partial charge in [0.2, 0.25) is 0 Å². The van der Waals surface area contributed by atoms with Gasteiger partial charge in [-0.15, -0.1) is 0 Å². The van der Waals surface area contributed by atoms with Crippen LogP contribution >= 0.6 is 0 Å². The van der Waals surface area contributed by atoms with E-state index >= 15 is 0 Å². The molecule has 2 unspecified atom stereocenters. The molecule has 0 aromatic rings. The zero-order chi connectivity index (χ0) is 13.9. The van der Waals surface area contributed by atoms with Gasteiger partial charge in [-0.2, -0.15) is 0 Å². The number of hydrogen-bond acceptors (Lipinski definition) is 3. The summed E-state index contributed by atoms with van der Waals surface area (Å²) in [6.45, 7) is 13.3. The molecule has 2 atom stereocenters. The average Bonchev–Trinajstić information content (AvgIpc) is 3.17. The Labute approximate surface area is 119 Å². The number of ether oxygens (including phenoxy) is 1. The summed E-state index contributed by atoms with van der Waals surface area (Å²) in [5, 5.41) is 3.78. The van der Waals surface area contributed by atoms with Crippen LogP contribution in [0, 0.1) is 5.92 Å². The maximum Gasteiger partial charge on any atom is 0.0597 e. The van der Waals surface area contributed by atoms with E-state index in [4.69, 9.17) is 4.74 Å². The number of nitrogens with zero attached hydrogens (tertiary/aromatic N) is 1. The van der Waals surface area contributed by atoms with E-state index in [2.05, 4.69) is 37.9 Å². The molecular weight excluding hydrogens is 236 g/mol. The highest BCUT2D eigenvalue weighted by Crippen LogP contribution is 2.44. The number of hydrogen-bond donors (Lipinski definition) is 1. The Morgan fingerprint density at radius 3 is 2.68 bits per heavy atom. The van der Waals surface area contributed by atoms with Gasteiger partial charge in [0.25, 0.3) is 0 Å². The van der Waals surface area contributed by atoms with E-state index in [1.807, 2.05) is 0 Å². The minimum absolute atomic E-state index is 0.349. The van der Waals surface area contributed by atoms with Crippen LogP contribution < -0.4 is 5.32 Å². The molecule has 1 saturated heterocycles. The summed E-state index contributed by atoms with van der Waals surface area (Å²) in [5.74, 6) is 0.904. The third kappa shape index (κ3) is 3.93. The van der Waals surface area contributed by atoms with Gasteiger partial charge < -0.3 is 10.1 Å². The molecule has 1 aliphatic heterocycles. The van der Waals surface area contributed by atoms with Gasteiger partial charge in [-0.1, -0.05) is 13.3 Å². The van der Waals surface area contributed by atoms with Gasteiger partial charge in [-0.25, -0.2) is 0 Å². The Kier molecular flexibility index (Phi) is 5.27. The molecule has 0 bridgehead atoms. The second-order valence-electron chi connectivity index (χ2n) is 6.86. The highest BCUT2D eigenvalue weighted by molar-refractivity contribution is 5.04. The molecule has 0 aromatic carbocycles. The summed E-state index contributed by atoms with van der Waals surface area (Å²) in [6.07, 6.45) is 5.74. The zero-order valence-corrected chi connectivity index (χ0v) is 13.2. The van der Waals surface area contributed by atoms with Crippen LogP contribution in [0.15, 0.2) is 0 Å². The van der Waals surface area contributed by atoms with Crippen LogP contribution in [0.4, 0.5) is 0 Å². The molecular formula is C16H32N2O. The summed E-state index contributed by atoms with van der Waals surface area (Å²) < 4.78 is 5.77. The number of nitrogens with one attached hydrogen (secondary N) is 1. The molecule has 1 heterocycles. The molecule has 3 nitrogen and oxygen atoms in total. The fraction of sp³-hybridized carbons (Fsp3) is 1.00. The normalized spacial score (nSPS) is 33.0. The number of rotatable bonds is 7. The lowest BCUT2D eigenvalue weighted by molar-refractivity contribution is -0.00658. The summed E-state index contributed by atoms with van der Waals surface area (Å²) in [6, 6.07) is 0.677. The van der Waals surface area contributed by atoms with Crippen molar-refractivity contribution in [3.05, 3.63) is 0 Å². The van der Waals surface area contributed by atoms with Crippen LogP contribution in [0.25, 0.3) is 0 Å². The van der Waals surface area contributed by atoms with Crippen LogP contribution in [0.3, 0.4) is 0 Å². The van der Waals surface area contributed by atoms with E-state index in [0.29, 0.717) is 17.7 Å². The quantitative estimate of drug-likeness (QED) is 0.768. The van der Waals surface area contributed by atoms with Gasteiger partial charge in [-0.3, -0.25) is 4.90 Å². The van der Waals surface area contributed by atoms with E-state index in [1.165, 1.54) is 32.2 Å². The predicted molar refractivity (Wildman–Crippen MR) is 80.5 cm³/mol. The Bertz CT molecular complexity index is 278. The molecule has 2 aliphatic rings. The number of piperazine rings is 1. The molecule has 2 fully saturated rings. The molecule has 3 heteroatoms. The average molecular weight is 268 g/mol. The molecule has 2 rings (SSSR count). The maximum absolute atomic E-state index is 5.77. The van der Waals surface area contributed by atoms with Crippen molar-refractivity contribution < 1.29 is 4.74 Å². The Morgan fingerprint density at radius 2 is 2.11 bits per heavy atom. The van der Waals surface area contributed by atoms with Crippen molar-refractivity contribution in [2.24, 2.45) is 5.92 Å². The van der Waals surface area contributed by atoms with E-state index in [1.54, 1.807) is 0 Å². The lowest BCUT2D eigenvalue weighted by atomic mass is 9.89. The third-order valence-electron chi connectivity index (χ3n) is 4.82. The van der Waals surface area contributed by atoms with Crippen LogP contribution in [-0.2, 0) is 4.74 Å². The zero-order valence-electron chi connectivity index (χ0n) is 13.2. The van der Waals surface area contributed by atoms with E-state index in [9.17, 15) is 0 Å². The predicted octanol–water partition coefficient (Wildman–Crippen LogP) is 2.65. The molecule has 1 N–H and O–H groups in total. The second-order valence-corrected chi connectivity index (χ2v) is 6.86. The topological polar surface area (TPSA) is 24.5 Å². The highest BCUT2D eigenvalue weighted by Gasteiger charge is 2.47. The van der Waals surface area contributed by atoms with Crippen molar-refractivity contribution in [3.8, 4) is 0 Å². The van der Waals surface area contributed by atoms with Crippen LogP contribution in [-0.4, -0.2) is 48.8 Å². The highest BCUT2D eigenvalue weighted by atomic mass is 16.5. The van der Waals surface area contributed by atoms with Gasteiger partial charge in [0.05, 0.1) is 12.7 Å². The first-order valence-electron chi connectivity index (χ1n) is 8.16. The molecule has 1 saturated carbocycles. The maximum atomic E-state index is 5.77. The molecule has 0 spiro atoms. The molecule has 0 amide bonds. The first kappa shape index (κ1) is 15.3. The van der Waals surface area contributed by atoms with Crippen molar-refractivity contribution in [1.29, 1.82) is 0 Å². The Hall–Kier alpha value is -0.120. The molecule has 0 radical (unpaired) electrons. The molecule has 19 heavy (non-hydrogen) atoms. The van der Waals surface area contributed by atoms with Crippen molar-refractivity contribution in [3.63, 3.8) is 0 Å². The van der Waals surface area contributed by atoms with Crippen LogP contribution in [0.2, 0.25) is 0 Å². The monoisotopic (exact) mass is 268 g/mol. The Morgan fingerprint density at radius 1 is 1.37 bits per heavy atom. The van der Waals surface area contributed by atoms with E-state index in [-0.39, 0.29) is 0 Å². The van der Waals surface area contributed by atoms with Gasteiger partial charge in [0.15, 0.2) is 0 Å². The Balaban J connectivity index is 1.90. The lowest BCUT2D eigenvalue weighted by Gasteiger charge is -2.49. The largest absolute Gasteiger partial charge is 0.377 e. The summed E-state index contributed by atoms with van der Waals surface area (Å²) in [7, 11) is 0.